The fourth-order valence-electron chi connectivity index (χ4n) is 3.88. The largest absolute Gasteiger partial charge is 0.497 e. The van der Waals surface area contributed by atoms with Crippen LogP contribution in [-0.2, 0) is 12.8 Å². The molecule has 0 bridgehead atoms. The average Bonchev–Trinajstić information content (AvgIpc) is 2.72. The van der Waals surface area contributed by atoms with Crippen LogP contribution in [0.25, 0.3) is 0 Å². The van der Waals surface area contributed by atoms with Gasteiger partial charge in [0.1, 0.15) is 5.75 Å². The normalized spacial score (nSPS) is 16.7. The number of ether oxygens (including phenoxy) is 3. The summed E-state index contributed by atoms with van der Waals surface area (Å²) in [5.41, 5.74) is 3.89. The lowest BCUT2D eigenvalue weighted by molar-refractivity contribution is 0.163. The summed E-state index contributed by atoms with van der Waals surface area (Å²) < 4.78 is 16.2. The van der Waals surface area contributed by atoms with Gasteiger partial charge in [-0.05, 0) is 60.2 Å². The van der Waals surface area contributed by atoms with E-state index in [9.17, 15) is 5.11 Å². The van der Waals surface area contributed by atoms with E-state index in [1.165, 1.54) is 16.7 Å². The van der Waals surface area contributed by atoms with Crippen molar-refractivity contribution in [2.45, 2.75) is 25.3 Å². The first-order chi connectivity index (χ1) is 13.2. The predicted molar refractivity (Wildman–Crippen MR) is 106 cm³/mol. The SMILES string of the molecule is COc1ccc2c(c1)CCN(CCCO)[C@@H]2Cc1ccc(OC)c(OC)c1. The molecule has 0 unspecified atom stereocenters. The van der Waals surface area contributed by atoms with Crippen molar-refractivity contribution in [3.05, 3.63) is 53.1 Å². The minimum Gasteiger partial charge on any atom is -0.497 e. The second-order valence-corrected chi connectivity index (χ2v) is 6.84. The summed E-state index contributed by atoms with van der Waals surface area (Å²) in [6.45, 7) is 2.09. The topological polar surface area (TPSA) is 51.2 Å². The molecule has 1 heterocycles. The summed E-state index contributed by atoms with van der Waals surface area (Å²) >= 11 is 0. The molecule has 2 aromatic carbocycles. The van der Waals surface area contributed by atoms with E-state index in [-0.39, 0.29) is 12.6 Å². The fourth-order valence-corrected chi connectivity index (χ4v) is 3.88. The minimum atomic E-state index is 0.217. The van der Waals surface area contributed by atoms with E-state index in [0.29, 0.717) is 0 Å². The number of methoxy groups -OCH3 is 3. The second kappa shape index (κ2) is 9.11. The molecule has 146 valence electrons. The molecule has 0 fully saturated rings. The number of nitrogens with zero attached hydrogens (tertiary/aromatic N) is 1. The molecule has 1 aliphatic heterocycles. The van der Waals surface area contributed by atoms with E-state index in [4.69, 9.17) is 14.2 Å². The molecule has 0 spiro atoms. The number of rotatable bonds is 8. The Hall–Kier alpha value is -2.24. The summed E-state index contributed by atoms with van der Waals surface area (Å²) in [6, 6.07) is 12.8. The molecule has 5 heteroatoms. The van der Waals surface area contributed by atoms with Crippen molar-refractivity contribution in [1.82, 2.24) is 4.90 Å². The maximum Gasteiger partial charge on any atom is 0.160 e. The molecular weight excluding hydrogens is 342 g/mol. The number of hydrogen-bond donors (Lipinski definition) is 1. The molecular formula is C22H29NO4. The molecule has 0 aliphatic carbocycles. The Bertz CT molecular complexity index is 762. The first-order valence-corrected chi connectivity index (χ1v) is 9.42. The van der Waals surface area contributed by atoms with Crippen LogP contribution in [0.15, 0.2) is 36.4 Å². The Kier molecular flexibility index (Phi) is 6.58. The van der Waals surface area contributed by atoms with Gasteiger partial charge in [0.15, 0.2) is 11.5 Å². The minimum absolute atomic E-state index is 0.217. The summed E-state index contributed by atoms with van der Waals surface area (Å²) in [5, 5.41) is 9.29. The van der Waals surface area contributed by atoms with Crippen molar-refractivity contribution in [2.24, 2.45) is 0 Å². The monoisotopic (exact) mass is 371 g/mol. The molecule has 0 saturated heterocycles. The van der Waals surface area contributed by atoms with Crippen LogP contribution >= 0.6 is 0 Å². The maximum atomic E-state index is 9.29. The molecule has 1 aliphatic rings. The molecule has 1 N–H and O–H groups in total. The van der Waals surface area contributed by atoms with Crippen molar-refractivity contribution in [3.63, 3.8) is 0 Å². The zero-order valence-electron chi connectivity index (χ0n) is 16.4. The lowest BCUT2D eigenvalue weighted by Gasteiger charge is -2.37. The quantitative estimate of drug-likeness (QED) is 0.772. The Labute approximate surface area is 161 Å². The van der Waals surface area contributed by atoms with E-state index in [1.54, 1.807) is 21.3 Å². The summed E-state index contributed by atoms with van der Waals surface area (Å²) in [7, 11) is 5.02. The predicted octanol–water partition coefficient (Wildman–Crippen LogP) is 3.24. The van der Waals surface area contributed by atoms with Gasteiger partial charge in [-0.2, -0.15) is 0 Å². The molecule has 0 saturated carbocycles. The number of hydrogen-bond acceptors (Lipinski definition) is 5. The van der Waals surface area contributed by atoms with Gasteiger partial charge >= 0.3 is 0 Å². The van der Waals surface area contributed by atoms with Gasteiger partial charge < -0.3 is 19.3 Å². The van der Waals surface area contributed by atoms with Gasteiger partial charge in [0, 0.05) is 25.7 Å². The van der Waals surface area contributed by atoms with Gasteiger partial charge in [0.2, 0.25) is 0 Å². The van der Waals surface area contributed by atoms with E-state index in [1.807, 2.05) is 12.1 Å². The van der Waals surface area contributed by atoms with E-state index in [0.717, 1.165) is 49.6 Å². The van der Waals surface area contributed by atoms with Crippen LogP contribution in [0.2, 0.25) is 0 Å². The van der Waals surface area contributed by atoms with Gasteiger partial charge in [-0.15, -0.1) is 0 Å². The third kappa shape index (κ3) is 4.37. The Morgan fingerprint density at radius 2 is 1.81 bits per heavy atom. The first kappa shape index (κ1) is 19.5. The van der Waals surface area contributed by atoms with E-state index >= 15 is 0 Å². The second-order valence-electron chi connectivity index (χ2n) is 6.84. The number of aliphatic hydroxyl groups excluding tert-OH is 1. The summed E-state index contributed by atoms with van der Waals surface area (Å²) in [5.74, 6) is 2.40. The van der Waals surface area contributed by atoms with Crippen LogP contribution in [0, 0.1) is 0 Å². The third-order valence-electron chi connectivity index (χ3n) is 5.30. The smallest absolute Gasteiger partial charge is 0.160 e. The van der Waals surface area contributed by atoms with Crippen LogP contribution in [0.5, 0.6) is 17.2 Å². The highest BCUT2D eigenvalue weighted by Crippen LogP contribution is 2.36. The highest BCUT2D eigenvalue weighted by Gasteiger charge is 2.27. The standard InChI is InChI=1S/C22H29NO4/c1-25-18-6-7-19-17(15-18)9-11-23(10-4-12-24)20(19)13-16-5-8-21(26-2)22(14-16)27-3/h5-8,14-15,20,24H,4,9-13H2,1-3H3/t20-/m1/s1. The van der Waals surface area contributed by atoms with Crippen molar-refractivity contribution in [2.75, 3.05) is 41.0 Å². The highest BCUT2D eigenvalue weighted by atomic mass is 16.5. The van der Waals surface area contributed by atoms with Crippen molar-refractivity contribution >= 4 is 0 Å². The molecule has 0 amide bonds. The zero-order chi connectivity index (χ0) is 19.2. The maximum absolute atomic E-state index is 9.29. The van der Waals surface area contributed by atoms with Crippen LogP contribution in [0.1, 0.15) is 29.2 Å². The molecule has 2 aromatic rings. The Balaban J connectivity index is 1.91. The molecule has 0 radical (unpaired) electrons. The lowest BCUT2D eigenvalue weighted by Crippen LogP contribution is -2.37. The van der Waals surface area contributed by atoms with E-state index in [2.05, 4.69) is 29.2 Å². The van der Waals surface area contributed by atoms with Crippen molar-refractivity contribution < 1.29 is 19.3 Å². The average molecular weight is 371 g/mol. The number of fused-ring (bicyclic) bond motifs is 1. The third-order valence-corrected chi connectivity index (χ3v) is 5.30. The van der Waals surface area contributed by atoms with Crippen LogP contribution in [0.3, 0.4) is 0 Å². The Morgan fingerprint density at radius 1 is 1.00 bits per heavy atom. The summed E-state index contributed by atoms with van der Waals surface area (Å²) in [4.78, 5) is 2.47. The van der Waals surface area contributed by atoms with E-state index < -0.39 is 0 Å². The van der Waals surface area contributed by atoms with Crippen LogP contribution < -0.4 is 14.2 Å². The molecule has 1 atom stereocenters. The molecule has 5 nitrogen and oxygen atoms in total. The van der Waals surface area contributed by atoms with Crippen LogP contribution in [-0.4, -0.2) is 51.0 Å². The van der Waals surface area contributed by atoms with Gasteiger partial charge in [-0.25, -0.2) is 0 Å². The van der Waals surface area contributed by atoms with Crippen molar-refractivity contribution in [3.8, 4) is 17.2 Å². The van der Waals surface area contributed by atoms with Gasteiger partial charge in [0.25, 0.3) is 0 Å². The first-order valence-electron chi connectivity index (χ1n) is 9.42. The highest BCUT2D eigenvalue weighted by molar-refractivity contribution is 5.44. The number of aliphatic hydroxyl groups is 1. The van der Waals surface area contributed by atoms with Gasteiger partial charge in [-0.1, -0.05) is 12.1 Å². The van der Waals surface area contributed by atoms with Crippen LogP contribution in [0.4, 0.5) is 0 Å². The summed E-state index contributed by atoms with van der Waals surface area (Å²) in [6.07, 6.45) is 2.67. The van der Waals surface area contributed by atoms with Gasteiger partial charge in [-0.3, -0.25) is 4.90 Å². The molecule has 3 rings (SSSR count). The molecule has 27 heavy (non-hydrogen) atoms. The fraction of sp³-hybridized carbons (Fsp3) is 0.455. The lowest BCUT2D eigenvalue weighted by atomic mass is 9.88. The molecule has 0 aromatic heterocycles. The Morgan fingerprint density at radius 3 is 2.52 bits per heavy atom. The van der Waals surface area contributed by atoms with Crippen molar-refractivity contribution in [1.29, 1.82) is 0 Å². The van der Waals surface area contributed by atoms with Gasteiger partial charge in [0.05, 0.1) is 21.3 Å². The zero-order valence-corrected chi connectivity index (χ0v) is 16.4. The number of benzene rings is 2.